The standard InChI is InChI=1S/C18H19N/c1-2-6-13(7-3-1)16-11-17(16)15-10-14-8-4-5-9-18(14)19-12-15/h1-9,15-17,19H,10-12H2. The molecule has 0 aromatic heterocycles. The van der Waals surface area contributed by atoms with Gasteiger partial charge in [-0.1, -0.05) is 48.5 Å². The van der Waals surface area contributed by atoms with Gasteiger partial charge in [-0.05, 0) is 47.8 Å². The Kier molecular flexibility index (Phi) is 2.58. The molecule has 1 aliphatic carbocycles. The van der Waals surface area contributed by atoms with Crippen LogP contribution in [0, 0.1) is 11.8 Å². The first kappa shape index (κ1) is 11.1. The van der Waals surface area contributed by atoms with Crippen LogP contribution in [0.15, 0.2) is 54.6 Å². The molecule has 1 saturated carbocycles. The highest BCUT2D eigenvalue weighted by molar-refractivity contribution is 5.53. The first-order chi connectivity index (χ1) is 9.42. The molecule has 0 spiro atoms. The van der Waals surface area contributed by atoms with Crippen LogP contribution in [0.1, 0.15) is 23.5 Å². The molecule has 0 bridgehead atoms. The smallest absolute Gasteiger partial charge is 0.0372 e. The normalized spacial score (nSPS) is 28.3. The van der Waals surface area contributed by atoms with Crippen molar-refractivity contribution < 1.29 is 0 Å². The lowest BCUT2D eigenvalue weighted by molar-refractivity contribution is 0.463. The van der Waals surface area contributed by atoms with Crippen LogP contribution in [-0.2, 0) is 6.42 Å². The number of rotatable bonds is 2. The van der Waals surface area contributed by atoms with Gasteiger partial charge in [0, 0.05) is 12.2 Å². The Bertz CT molecular complexity index is 575. The van der Waals surface area contributed by atoms with Crippen molar-refractivity contribution in [2.24, 2.45) is 11.8 Å². The van der Waals surface area contributed by atoms with Crippen LogP contribution in [0.4, 0.5) is 5.69 Å². The van der Waals surface area contributed by atoms with Gasteiger partial charge in [0.2, 0.25) is 0 Å². The zero-order valence-electron chi connectivity index (χ0n) is 11.0. The Hall–Kier alpha value is -1.76. The van der Waals surface area contributed by atoms with Crippen molar-refractivity contribution in [1.29, 1.82) is 0 Å². The van der Waals surface area contributed by atoms with Gasteiger partial charge in [-0.25, -0.2) is 0 Å². The SMILES string of the molecule is c1ccc(C2CC2C2CNc3ccccc3C2)cc1. The zero-order valence-corrected chi connectivity index (χ0v) is 11.0. The van der Waals surface area contributed by atoms with Crippen molar-refractivity contribution >= 4 is 5.69 Å². The molecule has 0 saturated heterocycles. The van der Waals surface area contributed by atoms with E-state index in [0.29, 0.717) is 0 Å². The Morgan fingerprint density at radius 2 is 1.68 bits per heavy atom. The summed E-state index contributed by atoms with van der Waals surface area (Å²) in [5.41, 5.74) is 4.37. The van der Waals surface area contributed by atoms with Crippen LogP contribution in [-0.4, -0.2) is 6.54 Å². The summed E-state index contributed by atoms with van der Waals surface area (Å²) in [5, 5.41) is 3.61. The number of hydrogen-bond acceptors (Lipinski definition) is 1. The van der Waals surface area contributed by atoms with Gasteiger partial charge in [0.05, 0.1) is 0 Å². The molecule has 19 heavy (non-hydrogen) atoms. The predicted molar refractivity (Wildman–Crippen MR) is 79.4 cm³/mol. The highest BCUT2D eigenvalue weighted by Crippen LogP contribution is 2.53. The lowest BCUT2D eigenvalue weighted by atomic mass is 9.88. The minimum Gasteiger partial charge on any atom is -0.385 e. The molecule has 1 heterocycles. The van der Waals surface area contributed by atoms with Gasteiger partial charge in [-0.2, -0.15) is 0 Å². The number of fused-ring (bicyclic) bond motifs is 1. The minimum absolute atomic E-state index is 0.804. The van der Waals surface area contributed by atoms with Crippen LogP contribution < -0.4 is 5.32 Å². The number of para-hydroxylation sites is 1. The summed E-state index contributed by atoms with van der Waals surface area (Å²) in [7, 11) is 0. The Labute approximate surface area is 114 Å². The van der Waals surface area contributed by atoms with E-state index in [4.69, 9.17) is 0 Å². The van der Waals surface area contributed by atoms with E-state index < -0.39 is 0 Å². The molecule has 1 nitrogen and oxygen atoms in total. The number of anilines is 1. The summed E-state index contributed by atoms with van der Waals surface area (Å²) in [6, 6.07) is 19.8. The van der Waals surface area contributed by atoms with Crippen molar-refractivity contribution in [2.75, 3.05) is 11.9 Å². The second-order valence-electron chi connectivity index (χ2n) is 5.92. The van der Waals surface area contributed by atoms with Crippen LogP contribution >= 0.6 is 0 Å². The molecule has 2 aliphatic rings. The summed E-state index contributed by atoms with van der Waals surface area (Å²) in [5.74, 6) is 2.49. The van der Waals surface area contributed by atoms with Gasteiger partial charge in [-0.3, -0.25) is 0 Å². The van der Waals surface area contributed by atoms with Crippen molar-refractivity contribution in [3.05, 3.63) is 65.7 Å². The molecule has 0 amide bonds. The van der Waals surface area contributed by atoms with E-state index in [0.717, 1.165) is 24.3 Å². The highest BCUT2D eigenvalue weighted by Gasteiger charge is 2.44. The monoisotopic (exact) mass is 249 g/mol. The molecule has 2 aromatic carbocycles. The van der Waals surface area contributed by atoms with Crippen molar-refractivity contribution in [3.8, 4) is 0 Å². The largest absolute Gasteiger partial charge is 0.385 e. The molecular formula is C18H19N. The second kappa shape index (κ2) is 4.41. The summed E-state index contributed by atoms with van der Waals surface area (Å²) in [6.07, 6.45) is 2.62. The van der Waals surface area contributed by atoms with Crippen LogP contribution in [0.3, 0.4) is 0 Å². The molecule has 1 heteroatoms. The van der Waals surface area contributed by atoms with Crippen LogP contribution in [0.25, 0.3) is 0 Å². The lowest BCUT2D eigenvalue weighted by Crippen LogP contribution is -2.25. The first-order valence-corrected chi connectivity index (χ1v) is 7.28. The number of hydrogen-bond donors (Lipinski definition) is 1. The molecular weight excluding hydrogens is 230 g/mol. The predicted octanol–water partition coefficient (Wildman–Crippen LogP) is 4.07. The third-order valence-corrected chi connectivity index (χ3v) is 4.73. The molecule has 0 radical (unpaired) electrons. The maximum atomic E-state index is 3.61. The quantitative estimate of drug-likeness (QED) is 0.845. The number of benzene rings is 2. The number of nitrogens with one attached hydrogen (secondary N) is 1. The molecule has 3 atom stereocenters. The van der Waals surface area contributed by atoms with E-state index >= 15 is 0 Å². The highest BCUT2D eigenvalue weighted by atomic mass is 14.9. The van der Waals surface area contributed by atoms with Crippen LogP contribution in [0.2, 0.25) is 0 Å². The Morgan fingerprint density at radius 3 is 2.58 bits per heavy atom. The molecule has 96 valence electrons. The summed E-state index contributed by atoms with van der Waals surface area (Å²) in [6.45, 7) is 1.14. The fourth-order valence-electron chi connectivity index (χ4n) is 3.59. The topological polar surface area (TPSA) is 12.0 Å². The molecule has 4 rings (SSSR count). The van der Waals surface area contributed by atoms with Crippen molar-refractivity contribution in [1.82, 2.24) is 0 Å². The minimum atomic E-state index is 0.804. The van der Waals surface area contributed by atoms with E-state index in [-0.39, 0.29) is 0 Å². The maximum Gasteiger partial charge on any atom is 0.0372 e. The third kappa shape index (κ3) is 2.03. The molecule has 1 N–H and O–H groups in total. The van der Waals surface area contributed by atoms with E-state index in [1.807, 2.05) is 0 Å². The summed E-state index contributed by atoms with van der Waals surface area (Å²) in [4.78, 5) is 0. The molecule has 1 aliphatic heterocycles. The van der Waals surface area contributed by atoms with Gasteiger partial charge in [-0.15, -0.1) is 0 Å². The average Bonchev–Trinajstić information content (AvgIpc) is 3.28. The second-order valence-corrected chi connectivity index (χ2v) is 5.92. The fraction of sp³-hybridized carbons (Fsp3) is 0.333. The Balaban J connectivity index is 1.49. The van der Waals surface area contributed by atoms with E-state index in [9.17, 15) is 0 Å². The zero-order chi connectivity index (χ0) is 12.7. The van der Waals surface area contributed by atoms with Crippen molar-refractivity contribution in [2.45, 2.75) is 18.8 Å². The fourth-order valence-corrected chi connectivity index (χ4v) is 3.59. The van der Waals surface area contributed by atoms with Gasteiger partial charge < -0.3 is 5.32 Å². The summed E-state index contributed by atoms with van der Waals surface area (Å²) >= 11 is 0. The third-order valence-electron chi connectivity index (χ3n) is 4.73. The summed E-state index contributed by atoms with van der Waals surface area (Å²) < 4.78 is 0. The van der Waals surface area contributed by atoms with E-state index in [1.54, 1.807) is 0 Å². The first-order valence-electron chi connectivity index (χ1n) is 7.28. The van der Waals surface area contributed by atoms with Gasteiger partial charge in [0.1, 0.15) is 0 Å². The van der Waals surface area contributed by atoms with Gasteiger partial charge >= 0.3 is 0 Å². The molecule has 1 fully saturated rings. The lowest BCUT2D eigenvalue weighted by Gasteiger charge is -2.26. The maximum absolute atomic E-state index is 3.61. The average molecular weight is 249 g/mol. The van der Waals surface area contributed by atoms with E-state index in [2.05, 4.69) is 59.9 Å². The Morgan fingerprint density at radius 1 is 0.895 bits per heavy atom. The van der Waals surface area contributed by atoms with Crippen LogP contribution in [0.5, 0.6) is 0 Å². The molecule has 2 aromatic rings. The van der Waals surface area contributed by atoms with Crippen molar-refractivity contribution in [3.63, 3.8) is 0 Å². The van der Waals surface area contributed by atoms with Gasteiger partial charge in [0.15, 0.2) is 0 Å². The molecule has 3 unspecified atom stereocenters. The van der Waals surface area contributed by atoms with E-state index in [1.165, 1.54) is 29.7 Å². The van der Waals surface area contributed by atoms with Gasteiger partial charge in [0.25, 0.3) is 0 Å².